The Labute approximate surface area is 80.0 Å². The van der Waals surface area contributed by atoms with Crippen molar-refractivity contribution in [1.82, 2.24) is 4.98 Å². The van der Waals surface area contributed by atoms with E-state index in [1.165, 1.54) is 0 Å². The van der Waals surface area contributed by atoms with Crippen LogP contribution in [0.2, 0.25) is 0 Å². The van der Waals surface area contributed by atoms with Gasteiger partial charge in [-0.05, 0) is 0 Å². The highest BCUT2D eigenvalue weighted by Gasteiger charge is 2.06. The van der Waals surface area contributed by atoms with Crippen LogP contribution >= 0.6 is 0 Å². The summed E-state index contributed by atoms with van der Waals surface area (Å²) in [7, 11) is -3.46. The van der Waals surface area contributed by atoms with E-state index in [-0.39, 0.29) is 17.7 Å². The van der Waals surface area contributed by atoms with Gasteiger partial charge >= 0.3 is 0 Å². The number of hydrogen-bond acceptors (Lipinski definition) is 4. The third-order valence-corrected chi connectivity index (χ3v) is 1.89. The van der Waals surface area contributed by atoms with E-state index < -0.39 is 15.8 Å². The molecule has 0 aromatic carbocycles. The van der Waals surface area contributed by atoms with Crippen molar-refractivity contribution in [3.8, 4) is 0 Å². The van der Waals surface area contributed by atoms with Gasteiger partial charge in [-0.2, -0.15) is 0 Å². The Bertz CT molecular complexity index is 458. The minimum absolute atomic E-state index is 0.0180. The van der Waals surface area contributed by atoms with Gasteiger partial charge in [0.2, 0.25) is 10.0 Å². The van der Waals surface area contributed by atoms with E-state index in [0.717, 1.165) is 18.5 Å². The summed E-state index contributed by atoms with van der Waals surface area (Å²) in [6.45, 7) is 0. The molecule has 0 unspecified atom stereocenters. The molecular formula is C7H7FN2O3S. The lowest BCUT2D eigenvalue weighted by Gasteiger charge is -2.03. The Morgan fingerprint density at radius 2 is 2.21 bits per heavy atom. The third-order valence-electron chi connectivity index (χ3n) is 1.28. The van der Waals surface area contributed by atoms with E-state index in [1.807, 2.05) is 4.72 Å². The maximum absolute atomic E-state index is 12.9. The second-order valence-electron chi connectivity index (χ2n) is 2.58. The Morgan fingerprint density at radius 3 is 2.64 bits per heavy atom. The number of nitrogens with one attached hydrogen (secondary N) is 1. The molecule has 5 nitrogen and oxygen atoms in total. The van der Waals surface area contributed by atoms with Crippen molar-refractivity contribution in [2.24, 2.45) is 0 Å². The van der Waals surface area contributed by atoms with Gasteiger partial charge in [0.05, 0.1) is 18.1 Å². The monoisotopic (exact) mass is 218 g/mol. The van der Waals surface area contributed by atoms with Gasteiger partial charge in [-0.1, -0.05) is 0 Å². The Morgan fingerprint density at radius 1 is 1.57 bits per heavy atom. The molecule has 7 heteroatoms. The molecule has 1 heterocycles. The fourth-order valence-electron chi connectivity index (χ4n) is 0.805. The van der Waals surface area contributed by atoms with Crippen LogP contribution in [-0.2, 0) is 10.0 Å². The molecule has 1 rings (SSSR count). The van der Waals surface area contributed by atoms with Crippen molar-refractivity contribution in [3.05, 3.63) is 23.8 Å². The lowest BCUT2D eigenvalue weighted by atomic mass is 10.3. The molecule has 0 radical (unpaired) electrons. The maximum atomic E-state index is 12.9. The predicted octanol–water partition coefficient (Wildman–Crippen LogP) is 0.405. The van der Waals surface area contributed by atoms with E-state index in [4.69, 9.17) is 0 Å². The van der Waals surface area contributed by atoms with Crippen LogP contribution in [0.1, 0.15) is 10.5 Å². The van der Waals surface area contributed by atoms with E-state index in [2.05, 4.69) is 4.98 Å². The first-order chi connectivity index (χ1) is 6.42. The summed E-state index contributed by atoms with van der Waals surface area (Å²) in [4.78, 5) is 13.6. The first-order valence-corrected chi connectivity index (χ1v) is 5.40. The van der Waals surface area contributed by atoms with Gasteiger partial charge in [-0.15, -0.1) is 0 Å². The molecule has 0 aliphatic rings. The number of aromatic nitrogens is 1. The largest absolute Gasteiger partial charge is 0.296 e. The topological polar surface area (TPSA) is 76.1 Å². The predicted molar refractivity (Wildman–Crippen MR) is 48.0 cm³/mol. The highest BCUT2D eigenvalue weighted by Crippen LogP contribution is 2.11. The van der Waals surface area contributed by atoms with Gasteiger partial charge in [-0.25, -0.2) is 17.8 Å². The average Bonchev–Trinajstić information content (AvgIpc) is 2.01. The van der Waals surface area contributed by atoms with Gasteiger partial charge in [0.25, 0.3) is 0 Å². The molecule has 76 valence electrons. The van der Waals surface area contributed by atoms with Crippen LogP contribution < -0.4 is 4.72 Å². The van der Waals surface area contributed by atoms with E-state index in [9.17, 15) is 17.6 Å². The summed E-state index contributed by atoms with van der Waals surface area (Å²) < 4.78 is 36.4. The van der Waals surface area contributed by atoms with E-state index in [1.54, 1.807) is 0 Å². The van der Waals surface area contributed by atoms with Crippen molar-refractivity contribution >= 4 is 22.0 Å². The number of hydrogen-bond donors (Lipinski definition) is 1. The number of carbonyl (C=O) groups excluding carboxylic acids is 1. The van der Waals surface area contributed by atoms with Crippen LogP contribution in [0.3, 0.4) is 0 Å². The molecule has 0 saturated carbocycles. The van der Waals surface area contributed by atoms with Crippen LogP contribution in [0.15, 0.2) is 12.3 Å². The Kier molecular flexibility index (Phi) is 2.80. The molecule has 1 aromatic heterocycles. The third kappa shape index (κ3) is 2.77. The zero-order valence-electron chi connectivity index (χ0n) is 7.19. The molecule has 0 fully saturated rings. The Balaban J connectivity index is 3.04. The van der Waals surface area contributed by atoms with Crippen molar-refractivity contribution in [3.63, 3.8) is 0 Å². The summed E-state index contributed by atoms with van der Waals surface area (Å²) in [5.74, 6) is -0.867. The van der Waals surface area contributed by atoms with Gasteiger partial charge < -0.3 is 0 Å². The fraction of sp³-hybridized carbons (Fsp3) is 0.143. The summed E-state index contributed by atoms with van der Waals surface area (Å²) in [5.41, 5.74) is -0.375. The number of rotatable bonds is 3. The average molecular weight is 218 g/mol. The molecular weight excluding hydrogens is 211 g/mol. The molecule has 14 heavy (non-hydrogen) atoms. The van der Waals surface area contributed by atoms with Crippen LogP contribution in [0.4, 0.5) is 10.1 Å². The zero-order chi connectivity index (χ0) is 10.8. The minimum Gasteiger partial charge on any atom is -0.296 e. The number of carbonyl (C=O) groups is 1. The number of pyridine rings is 1. The fourth-order valence-corrected chi connectivity index (χ4v) is 1.34. The molecule has 1 N–H and O–H groups in total. The molecule has 0 saturated heterocycles. The molecule has 1 aromatic rings. The minimum atomic E-state index is -3.46. The SMILES string of the molecule is CS(=O)(=O)Nc1cnc(C=O)c(F)c1. The van der Waals surface area contributed by atoms with Crippen LogP contribution in [0.5, 0.6) is 0 Å². The van der Waals surface area contributed by atoms with Gasteiger partial charge in [0, 0.05) is 6.07 Å². The van der Waals surface area contributed by atoms with Crippen LogP contribution in [0, 0.1) is 5.82 Å². The number of aldehydes is 1. The van der Waals surface area contributed by atoms with Crippen molar-refractivity contribution in [2.75, 3.05) is 11.0 Å². The van der Waals surface area contributed by atoms with Crippen LogP contribution in [-0.4, -0.2) is 25.9 Å². The molecule has 0 aliphatic heterocycles. The zero-order valence-corrected chi connectivity index (χ0v) is 8.01. The Hall–Kier alpha value is -1.50. The number of halogens is 1. The van der Waals surface area contributed by atoms with Crippen LogP contribution in [0.25, 0.3) is 0 Å². The number of sulfonamides is 1. The van der Waals surface area contributed by atoms with E-state index in [0.29, 0.717) is 0 Å². The maximum Gasteiger partial charge on any atom is 0.229 e. The lowest BCUT2D eigenvalue weighted by molar-refractivity contribution is 0.111. The standard InChI is InChI=1S/C7H7FN2O3S/c1-14(12,13)10-5-2-6(8)7(4-11)9-3-5/h2-4,10H,1H3. The lowest BCUT2D eigenvalue weighted by Crippen LogP contribution is -2.10. The van der Waals surface area contributed by atoms with Gasteiger partial charge in [0.1, 0.15) is 5.69 Å². The van der Waals surface area contributed by atoms with Crippen molar-refractivity contribution in [1.29, 1.82) is 0 Å². The quantitative estimate of drug-likeness (QED) is 0.745. The smallest absolute Gasteiger partial charge is 0.229 e. The molecule has 0 atom stereocenters. The van der Waals surface area contributed by atoms with Crippen molar-refractivity contribution in [2.45, 2.75) is 0 Å². The normalized spacial score (nSPS) is 11.0. The molecule has 0 amide bonds. The van der Waals surface area contributed by atoms with Crippen molar-refractivity contribution < 1.29 is 17.6 Å². The highest BCUT2D eigenvalue weighted by molar-refractivity contribution is 7.92. The highest BCUT2D eigenvalue weighted by atomic mass is 32.2. The molecule has 0 spiro atoms. The first-order valence-electron chi connectivity index (χ1n) is 3.51. The summed E-state index contributed by atoms with van der Waals surface area (Å²) in [5, 5.41) is 0. The van der Waals surface area contributed by atoms with Gasteiger partial charge in [0.15, 0.2) is 12.1 Å². The first kappa shape index (κ1) is 10.6. The number of anilines is 1. The summed E-state index contributed by atoms with van der Waals surface area (Å²) in [6.07, 6.45) is 2.24. The number of nitrogens with zero attached hydrogens (tertiary/aromatic N) is 1. The molecule has 0 aliphatic carbocycles. The van der Waals surface area contributed by atoms with E-state index >= 15 is 0 Å². The molecule has 0 bridgehead atoms. The van der Waals surface area contributed by atoms with Gasteiger partial charge in [-0.3, -0.25) is 9.52 Å². The summed E-state index contributed by atoms with van der Waals surface area (Å²) >= 11 is 0. The second kappa shape index (κ2) is 3.70. The summed E-state index contributed by atoms with van der Waals surface area (Å²) in [6, 6.07) is 0.887. The second-order valence-corrected chi connectivity index (χ2v) is 4.33.